The Labute approximate surface area is 347 Å². The maximum Gasteiger partial charge on any atom is 0.332 e. The Morgan fingerprint density at radius 3 is 2.27 bits per heavy atom. The molecule has 0 spiro atoms. The Hall–Kier alpha value is -2.89. The summed E-state index contributed by atoms with van der Waals surface area (Å²) in [5.74, 6) is -3.59. The van der Waals surface area contributed by atoms with E-state index in [1.165, 1.54) is 25.2 Å². The molecule has 59 heavy (non-hydrogen) atoms. The number of carbonyl (C=O) groups is 4. The number of carboxylic acid groups (broad SMARTS) is 1. The van der Waals surface area contributed by atoms with Crippen molar-refractivity contribution in [1.82, 2.24) is 20.9 Å². The van der Waals surface area contributed by atoms with E-state index in [0.29, 0.717) is 11.4 Å². The van der Waals surface area contributed by atoms with Crippen molar-refractivity contribution < 1.29 is 73.5 Å². The van der Waals surface area contributed by atoms with Crippen molar-refractivity contribution in [3.8, 4) is 0 Å². The number of hydrogen-bond donors (Lipinski definition) is 9. The van der Waals surface area contributed by atoms with Gasteiger partial charge in [0.25, 0.3) is 5.91 Å². The number of thiazole rings is 1. The molecule has 2 saturated heterocycles. The number of amides is 3. The first-order valence-corrected chi connectivity index (χ1v) is 21.6. The third-order valence-electron chi connectivity index (χ3n) is 11.9. The van der Waals surface area contributed by atoms with Crippen molar-refractivity contribution in [2.45, 2.75) is 165 Å². The average molecular weight is 859 g/mol. The zero-order valence-corrected chi connectivity index (χ0v) is 34.8. The number of aliphatic carboxylic acids is 1. The zero-order valence-electron chi connectivity index (χ0n) is 34.0. The summed E-state index contributed by atoms with van der Waals surface area (Å²) in [7, 11) is 0. The van der Waals surface area contributed by atoms with Crippen molar-refractivity contribution in [1.29, 1.82) is 0 Å². The predicted molar refractivity (Wildman–Crippen MR) is 208 cm³/mol. The Bertz CT molecular complexity index is 1550. The van der Waals surface area contributed by atoms with E-state index in [2.05, 4.69) is 20.9 Å². The van der Waals surface area contributed by atoms with Crippen LogP contribution in [0.2, 0.25) is 0 Å². The van der Waals surface area contributed by atoms with E-state index in [1.807, 2.05) is 6.92 Å². The monoisotopic (exact) mass is 858 g/mol. The van der Waals surface area contributed by atoms with E-state index >= 15 is 0 Å². The molecule has 2 aliphatic heterocycles. The second-order valence-electron chi connectivity index (χ2n) is 16.2. The molecule has 1 aromatic heterocycles. The average Bonchev–Trinajstić information content (AvgIpc) is 3.66. The first kappa shape index (κ1) is 47.2. The number of nitrogens with zero attached hydrogens (tertiary/aromatic N) is 1. The van der Waals surface area contributed by atoms with Gasteiger partial charge in [-0.3, -0.25) is 14.4 Å². The van der Waals surface area contributed by atoms with E-state index < -0.39 is 110 Å². The number of carboxylic acids is 1. The number of hydrogen-bond acceptors (Lipinski definition) is 16. The van der Waals surface area contributed by atoms with Crippen LogP contribution in [0.4, 0.5) is 0 Å². The van der Waals surface area contributed by atoms with Crippen molar-refractivity contribution in [2.24, 2.45) is 17.8 Å². The summed E-state index contributed by atoms with van der Waals surface area (Å²) in [6.07, 6.45) is -10.7. The molecule has 0 bridgehead atoms. The van der Waals surface area contributed by atoms with Gasteiger partial charge in [0.15, 0.2) is 23.7 Å². The molecule has 334 valence electrons. The highest BCUT2D eigenvalue weighted by Gasteiger charge is 2.53. The Morgan fingerprint density at radius 2 is 1.64 bits per heavy atom. The fraction of sp³-hybridized carbons (Fsp3) is 0.821. The number of rotatable bonds is 17. The van der Waals surface area contributed by atoms with E-state index in [4.69, 9.17) is 23.7 Å². The lowest BCUT2D eigenvalue weighted by Gasteiger charge is -2.49. The Balaban J connectivity index is 1.39. The van der Waals surface area contributed by atoms with Crippen LogP contribution in [0, 0.1) is 24.7 Å². The molecule has 1 aromatic rings. The molecule has 5 rings (SSSR count). The van der Waals surface area contributed by atoms with Gasteiger partial charge in [0.2, 0.25) is 11.8 Å². The molecule has 19 nitrogen and oxygen atoms in total. The molecule has 2 aliphatic carbocycles. The smallest absolute Gasteiger partial charge is 0.332 e. The lowest BCUT2D eigenvalue weighted by Crippen LogP contribution is -2.67. The molecule has 20 heteroatoms. The van der Waals surface area contributed by atoms with Crippen LogP contribution >= 0.6 is 11.3 Å². The second-order valence-corrected chi connectivity index (χ2v) is 17.1. The summed E-state index contributed by atoms with van der Waals surface area (Å²) < 4.78 is 31.0. The summed E-state index contributed by atoms with van der Waals surface area (Å²) in [4.78, 5) is 55.7. The lowest BCUT2D eigenvalue weighted by molar-refractivity contribution is -0.338. The van der Waals surface area contributed by atoms with Crippen LogP contribution in [0.5, 0.6) is 0 Å². The van der Waals surface area contributed by atoms with Gasteiger partial charge >= 0.3 is 5.97 Å². The molecule has 0 radical (unpaired) electrons. The maximum atomic E-state index is 13.8. The van der Waals surface area contributed by atoms with Gasteiger partial charge in [0, 0.05) is 37.0 Å². The van der Waals surface area contributed by atoms with Crippen LogP contribution in [0.3, 0.4) is 0 Å². The SMILES string of the molecule is CC[C@@H]1CC(C(=O)NCCNC(=O)c2nc(C)cs2)C[C@@H](O[C@@H]2O[C@@H](CO)[C@H](O)C(O[C@@H](CC3CCCCC3)C(=O)O)C2NC(C)=O)C1OC1O[C@@H](C)C(O)[C@H](O)[C@@H]1O. The number of aromatic nitrogens is 1. The predicted octanol–water partition coefficient (Wildman–Crippen LogP) is -0.277. The van der Waals surface area contributed by atoms with Gasteiger partial charge in [0.1, 0.15) is 42.7 Å². The fourth-order valence-corrected chi connectivity index (χ4v) is 9.33. The summed E-state index contributed by atoms with van der Waals surface area (Å²) in [6, 6.07) is -1.31. The third kappa shape index (κ3) is 12.2. The summed E-state index contributed by atoms with van der Waals surface area (Å²) in [6.45, 7) is 5.88. The highest BCUT2D eigenvalue weighted by atomic mass is 32.1. The molecule has 6 unspecified atom stereocenters. The topological polar surface area (TPSA) is 285 Å². The molecule has 9 N–H and O–H groups in total. The zero-order chi connectivity index (χ0) is 43.0. The minimum atomic E-state index is -1.66. The van der Waals surface area contributed by atoms with Crippen LogP contribution in [-0.4, -0.2) is 159 Å². The van der Waals surface area contributed by atoms with Crippen molar-refractivity contribution in [3.63, 3.8) is 0 Å². The summed E-state index contributed by atoms with van der Waals surface area (Å²) >= 11 is 1.21. The number of aryl methyl sites for hydroxylation is 1. The van der Waals surface area contributed by atoms with Gasteiger partial charge in [-0.05, 0) is 44.9 Å². The van der Waals surface area contributed by atoms with E-state index in [1.54, 1.807) is 12.3 Å². The number of aliphatic hydroxyl groups is 5. The molecule has 4 fully saturated rings. The Morgan fingerprint density at radius 1 is 0.932 bits per heavy atom. The number of nitrogens with one attached hydrogen (secondary N) is 3. The molecule has 2 saturated carbocycles. The van der Waals surface area contributed by atoms with Crippen LogP contribution in [0.15, 0.2) is 5.38 Å². The fourth-order valence-electron chi connectivity index (χ4n) is 8.62. The molecule has 15 atom stereocenters. The molecule has 3 amide bonds. The minimum Gasteiger partial charge on any atom is -0.479 e. The van der Waals surface area contributed by atoms with Crippen molar-refractivity contribution >= 4 is 35.0 Å². The second kappa shape index (κ2) is 21.8. The van der Waals surface area contributed by atoms with Gasteiger partial charge in [-0.25, -0.2) is 9.78 Å². The van der Waals surface area contributed by atoms with Gasteiger partial charge in [-0.1, -0.05) is 45.4 Å². The summed E-state index contributed by atoms with van der Waals surface area (Å²) in [5, 5.41) is 74.2. The summed E-state index contributed by atoms with van der Waals surface area (Å²) in [5.41, 5.74) is 0.718. The van der Waals surface area contributed by atoms with Crippen molar-refractivity contribution in [3.05, 3.63) is 16.1 Å². The van der Waals surface area contributed by atoms with Gasteiger partial charge in [-0.2, -0.15) is 0 Å². The molecule has 4 aliphatic rings. The van der Waals surface area contributed by atoms with E-state index in [9.17, 15) is 49.8 Å². The van der Waals surface area contributed by atoms with Gasteiger partial charge in [0.05, 0.1) is 24.9 Å². The molecular formula is C39H62N4O15S. The molecule has 0 aromatic carbocycles. The number of carbonyl (C=O) groups excluding carboxylic acids is 3. The van der Waals surface area contributed by atoms with Gasteiger partial charge < -0.3 is 70.3 Å². The molecular weight excluding hydrogens is 797 g/mol. The number of ether oxygens (including phenoxy) is 5. The minimum absolute atomic E-state index is 0.00868. The van der Waals surface area contributed by atoms with Gasteiger partial charge in [-0.15, -0.1) is 11.3 Å². The molecule has 3 heterocycles. The van der Waals surface area contributed by atoms with E-state index in [0.717, 1.165) is 37.8 Å². The number of aliphatic hydroxyl groups excluding tert-OH is 5. The van der Waals surface area contributed by atoms with E-state index in [-0.39, 0.29) is 50.1 Å². The van der Waals surface area contributed by atoms with Crippen molar-refractivity contribution in [2.75, 3.05) is 19.7 Å². The first-order valence-electron chi connectivity index (χ1n) is 20.7. The highest BCUT2D eigenvalue weighted by molar-refractivity contribution is 7.11. The first-order chi connectivity index (χ1) is 28.1. The third-order valence-corrected chi connectivity index (χ3v) is 12.8. The Kier molecular flexibility index (Phi) is 17.4. The standard InChI is InChI=1S/C39H62N4O15S/c1-5-22-14-23(34(50)40-11-12-41-35(51)36-42-18(2)17-59-36)15-24(32(22)58-39-31(49)30(48)28(46)19(3)54-39)56-38-27(43-20(4)45)33(29(47)26(16-44)57-38)55-25(37(52)53)13-21-9-7-6-8-10-21/h17,19,21-33,38-39,44,46-49H,5-16H2,1-4H3,(H,40,50)(H,41,51)(H,43,45)(H,52,53)/t19-,22+,23?,24+,25-,26-,27?,28?,29-,30-,31-,32?,33?,38+,39?/m0/s1. The van der Waals surface area contributed by atoms with Crippen LogP contribution < -0.4 is 16.0 Å². The lowest BCUT2D eigenvalue weighted by atomic mass is 9.75. The quantitative estimate of drug-likeness (QED) is 0.0912. The van der Waals surface area contributed by atoms with Crippen LogP contribution in [-0.2, 0) is 38.1 Å². The normalized spacial score (nSPS) is 36.0. The maximum absolute atomic E-state index is 13.8. The van der Waals surface area contributed by atoms with Crippen LogP contribution in [0.1, 0.15) is 94.1 Å². The highest BCUT2D eigenvalue weighted by Crippen LogP contribution is 2.40. The largest absolute Gasteiger partial charge is 0.479 e. The van der Waals surface area contributed by atoms with Crippen LogP contribution in [0.25, 0.3) is 0 Å².